The van der Waals surface area contributed by atoms with Crippen LogP contribution in [0.15, 0.2) is 61.1 Å². The second-order valence-corrected chi connectivity index (χ2v) is 6.90. The molecule has 0 heterocycles. The zero-order valence-corrected chi connectivity index (χ0v) is 17.8. The molecule has 0 radical (unpaired) electrons. The Hall–Kier alpha value is -1.67. The van der Waals surface area contributed by atoms with Crippen LogP contribution in [0.25, 0.3) is 0 Å². The van der Waals surface area contributed by atoms with Crippen molar-refractivity contribution in [3.8, 4) is 0 Å². The van der Waals surface area contributed by atoms with E-state index in [4.69, 9.17) is 16.3 Å². The molecule has 2 nitrogen and oxygen atoms in total. The minimum atomic E-state index is 0.406. The van der Waals surface area contributed by atoms with Crippen LogP contribution in [0.3, 0.4) is 0 Å². The fraction of sp³-hybridized carbons (Fsp3) is 0.478. The number of methoxy groups -OCH3 is 2. The number of rotatable bonds is 4. The molecule has 0 aliphatic heterocycles. The van der Waals surface area contributed by atoms with Crippen molar-refractivity contribution in [1.82, 2.24) is 0 Å². The van der Waals surface area contributed by atoms with E-state index in [1.165, 1.54) is 43.9 Å². The molecular weight excluding hydrogens is 344 g/mol. The van der Waals surface area contributed by atoms with Crippen molar-refractivity contribution in [2.24, 2.45) is 0 Å². The largest absolute Gasteiger partial charge is 0.501 e. The van der Waals surface area contributed by atoms with Gasteiger partial charge in [-0.15, -0.1) is 0 Å². The maximum absolute atomic E-state index is 5.90. The molecule has 3 heteroatoms. The summed E-state index contributed by atoms with van der Waals surface area (Å²) in [4.78, 5) is 0. The topological polar surface area (TPSA) is 18.5 Å². The van der Waals surface area contributed by atoms with Gasteiger partial charge in [-0.1, -0.05) is 68.7 Å². The highest BCUT2D eigenvalue weighted by Crippen LogP contribution is 2.39. The van der Waals surface area contributed by atoms with E-state index in [1.807, 2.05) is 38.1 Å². The molecule has 0 unspecified atom stereocenters. The highest BCUT2D eigenvalue weighted by atomic mass is 35.5. The Morgan fingerprint density at radius 2 is 1.58 bits per heavy atom. The highest BCUT2D eigenvalue weighted by Gasteiger charge is 2.28. The standard InChI is InChI=1S/C13H17Cl.C6H10O2.C4H8/c1-13(9-3-2-4-10-13)11-5-7-12(14)8-6-11;1-4-6(8-3)5-7-2;1-3-4-2/h5-8H,2-4,9-10H2,1H3;4-5H,1H2,2-3H3;3-4H,1-2H3/b;6-5-;4-3-. The molecule has 0 aromatic heterocycles. The summed E-state index contributed by atoms with van der Waals surface area (Å²) in [5.41, 5.74) is 1.87. The number of hydrogen-bond donors (Lipinski definition) is 0. The number of allylic oxidation sites excluding steroid dienone is 3. The average Bonchev–Trinajstić information content (AvgIpc) is 2.68. The first-order chi connectivity index (χ1) is 12.5. The Bertz CT molecular complexity index is 534. The Morgan fingerprint density at radius 3 is 1.92 bits per heavy atom. The minimum Gasteiger partial charge on any atom is -0.501 e. The monoisotopic (exact) mass is 378 g/mol. The molecule has 1 aliphatic rings. The molecule has 1 aliphatic carbocycles. The lowest BCUT2D eigenvalue weighted by Crippen LogP contribution is -2.24. The Balaban J connectivity index is 0.000000444. The summed E-state index contributed by atoms with van der Waals surface area (Å²) >= 11 is 5.90. The Labute approximate surface area is 165 Å². The van der Waals surface area contributed by atoms with Crippen LogP contribution < -0.4 is 0 Å². The van der Waals surface area contributed by atoms with E-state index in [-0.39, 0.29) is 0 Å². The molecule has 0 amide bonds. The van der Waals surface area contributed by atoms with Crippen LogP contribution in [0.1, 0.15) is 58.4 Å². The fourth-order valence-corrected chi connectivity index (χ4v) is 2.89. The predicted octanol–water partition coefficient (Wildman–Crippen LogP) is 7.45. The van der Waals surface area contributed by atoms with E-state index < -0.39 is 0 Å². The van der Waals surface area contributed by atoms with Crippen LogP contribution in [0.4, 0.5) is 0 Å². The van der Waals surface area contributed by atoms with E-state index in [0.717, 1.165) is 5.02 Å². The Morgan fingerprint density at radius 1 is 1.04 bits per heavy atom. The van der Waals surface area contributed by atoms with Gasteiger partial charge in [0.05, 0.1) is 14.2 Å². The number of hydrogen-bond acceptors (Lipinski definition) is 2. The lowest BCUT2D eigenvalue weighted by atomic mass is 9.71. The van der Waals surface area contributed by atoms with Crippen molar-refractivity contribution in [1.29, 1.82) is 0 Å². The molecule has 1 saturated carbocycles. The third-order valence-electron chi connectivity index (χ3n) is 4.50. The molecular formula is C23H35ClO2. The van der Waals surface area contributed by atoms with Crippen LogP contribution in [-0.4, -0.2) is 14.2 Å². The SMILES string of the molecule is C/C=C\C.C=C/C(=C/OC)OC.CC1(c2ccc(Cl)cc2)CCCCC1. The average molecular weight is 379 g/mol. The molecule has 0 saturated heterocycles. The smallest absolute Gasteiger partial charge is 0.152 e. The molecule has 1 aromatic rings. The van der Waals surface area contributed by atoms with Crippen molar-refractivity contribution in [3.05, 3.63) is 71.7 Å². The Kier molecular flexibility index (Phi) is 13.6. The van der Waals surface area contributed by atoms with Gasteiger partial charge < -0.3 is 9.47 Å². The van der Waals surface area contributed by atoms with E-state index in [9.17, 15) is 0 Å². The van der Waals surface area contributed by atoms with Crippen molar-refractivity contribution >= 4 is 11.6 Å². The van der Waals surface area contributed by atoms with Gasteiger partial charge in [-0.2, -0.15) is 0 Å². The summed E-state index contributed by atoms with van der Waals surface area (Å²) < 4.78 is 9.39. The molecule has 146 valence electrons. The molecule has 2 rings (SSSR count). The summed E-state index contributed by atoms with van der Waals surface area (Å²) in [5.74, 6) is 0.632. The van der Waals surface area contributed by atoms with Gasteiger partial charge >= 0.3 is 0 Å². The van der Waals surface area contributed by atoms with Crippen LogP contribution in [-0.2, 0) is 14.9 Å². The summed E-state index contributed by atoms with van der Waals surface area (Å²) in [7, 11) is 3.12. The third-order valence-corrected chi connectivity index (χ3v) is 4.75. The molecule has 0 spiro atoms. The van der Waals surface area contributed by atoms with E-state index >= 15 is 0 Å². The minimum absolute atomic E-state index is 0.406. The van der Waals surface area contributed by atoms with Crippen molar-refractivity contribution in [2.75, 3.05) is 14.2 Å². The lowest BCUT2D eigenvalue weighted by molar-refractivity contribution is 0.261. The van der Waals surface area contributed by atoms with Gasteiger partial charge in [0.15, 0.2) is 5.76 Å². The van der Waals surface area contributed by atoms with Crippen molar-refractivity contribution < 1.29 is 9.47 Å². The second kappa shape index (κ2) is 14.5. The van der Waals surface area contributed by atoms with Crippen molar-refractivity contribution in [2.45, 2.75) is 58.3 Å². The van der Waals surface area contributed by atoms with Crippen LogP contribution in [0, 0.1) is 0 Å². The molecule has 26 heavy (non-hydrogen) atoms. The fourth-order valence-electron chi connectivity index (χ4n) is 2.77. The lowest BCUT2D eigenvalue weighted by Gasteiger charge is -2.34. The summed E-state index contributed by atoms with van der Waals surface area (Å²) in [5, 5.41) is 0.841. The predicted molar refractivity (Wildman–Crippen MR) is 115 cm³/mol. The van der Waals surface area contributed by atoms with Gasteiger partial charge in [0, 0.05) is 5.02 Å². The molecule has 0 atom stereocenters. The van der Waals surface area contributed by atoms with Crippen LogP contribution in [0.2, 0.25) is 5.02 Å². The van der Waals surface area contributed by atoms with Gasteiger partial charge in [-0.25, -0.2) is 0 Å². The van der Waals surface area contributed by atoms with Gasteiger partial charge in [-0.05, 0) is 55.9 Å². The zero-order chi connectivity index (χ0) is 19.8. The third kappa shape index (κ3) is 9.72. The van der Waals surface area contributed by atoms with Gasteiger partial charge in [0.2, 0.25) is 0 Å². The number of ether oxygens (including phenoxy) is 2. The van der Waals surface area contributed by atoms with E-state index in [0.29, 0.717) is 11.2 Å². The number of halogens is 1. The molecule has 1 aromatic carbocycles. The summed E-state index contributed by atoms with van der Waals surface area (Å²) in [6.45, 7) is 9.86. The second-order valence-electron chi connectivity index (χ2n) is 6.46. The normalized spacial score (nSPS) is 15.8. The molecule has 1 fully saturated rings. The maximum Gasteiger partial charge on any atom is 0.152 e. The van der Waals surface area contributed by atoms with Crippen LogP contribution in [0.5, 0.6) is 0 Å². The molecule has 0 bridgehead atoms. The summed E-state index contributed by atoms with van der Waals surface area (Å²) in [6, 6.07) is 8.40. The van der Waals surface area contributed by atoms with E-state index in [2.05, 4.69) is 30.4 Å². The van der Waals surface area contributed by atoms with E-state index in [1.54, 1.807) is 20.3 Å². The molecule has 0 N–H and O–H groups in total. The highest BCUT2D eigenvalue weighted by molar-refractivity contribution is 6.30. The van der Waals surface area contributed by atoms with Gasteiger partial charge in [-0.3, -0.25) is 0 Å². The zero-order valence-electron chi connectivity index (χ0n) is 17.1. The maximum atomic E-state index is 5.90. The van der Waals surface area contributed by atoms with Crippen LogP contribution >= 0.6 is 11.6 Å². The number of benzene rings is 1. The first kappa shape index (κ1) is 24.3. The van der Waals surface area contributed by atoms with Crippen molar-refractivity contribution in [3.63, 3.8) is 0 Å². The first-order valence-electron chi connectivity index (χ1n) is 9.20. The summed E-state index contributed by atoms with van der Waals surface area (Å²) in [6.07, 6.45) is 13.9. The first-order valence-corrected chi connectivity index (χ1v) is 9.58. The quantitative estimate of drug-likeness (QED) is 0.307. The van der Waals surface area contributed by atoms with Gasteiger partial charge in [0.25, 0.3) is 0 Å². The van der Waals surface area contributed by atoms with Gasteiger partial charge in [0.1, 0.15) is 6.26 Å².